The van der Waals surface area contributed by atoms with Crippen molar-refractivity contribution in [3.8, 4) is 0 Å². The second kappa shape index (κ2) is 2.59. The van der Waals surface area contributed by atoms with Gasteiger partial charge in [-0.15, -0.1) is 0 Å². The SMILES string of the molecule is C[S+]([O-])CC(F)(F)F. The maximum absolute atomic E-state index is 11.1. The van der Waals surface area contributed by atoms with E-state index in [0.29, 0.717) is 0 Å². The van der Waals surface area contributed by atoms with Gasteiger partial charge in [-0.1, -0.05) is 0 Å². The quantitative estimate of drug-likeness (QED) is 0.504. The van der Waals surface area contributed by atoms with Crippen molar-refractivity contribution in [1.82, 2.24) is 0 Å². The largest absolute Gasteiger partial charge is 0.616 e. The van der Waals surface area contributed by atoms with Crippen LogP contribution in [0.5, 0.6) is 0 Å². The van der Waals surface area contributed by atoms with E-state index < -0.39 is 23.1 Å². The van der Waals surface area contributed by atoms with E-state index in [1.165, 1.54) is 0 Å². The number of rotatable bonds is 1. The van der Waals surface area contributed by atoms with Crippen molar-refractivity contribution in [3.63, 3.8) is 0 Å². The molecule has 1 unspecified atom stereocenters. The van der Waals surface area contributed by atoms with Crippen LogP contribution in [-0.4, -0.2) is 22.7 Å². The number of alkyl halides is 3. The first-order valence-corrected chi connectivity index (χ1v) is 3.51. The summed E-state index contributed by atoms with van der Waals surface area (Å²) in [5.74, 6) is -1.20. The average molecular weight is 146 g/mol. The topological polar surface area (TPSA) is 23.1 Å². The number of hydrogen-bond acceptors (Lipinski definition) is 1. The fourth-order valence-corrected chi connectivity index (χ4v) is 0.691. The normalized spacial score (nSPS) is 16.1. The average Bonchev–Trinajstić information content (AvgIpc) is 1.21. The van der Waals surface area contributed by atoms with Crippen LogP contribution in [-0.2, 0) is 11.2 Å². The van der Waals surface area contributed by atoms with Gasteiger partial charge in [0.25, 0.3) is 0 Å². The van der Waals surface area contributed by atoms with Crippen molar-refractivity contribution in [3.05, 3.63) is 0 Å². The van der Waals surface area contributed by atoms with Crippen molar-refractivity contribution in [1.29, 1.82) is 0 Å². The highest BCUT2D eigenvalue weighted by molar-refractivity contribution is 7.90. The molecule has 0 fully saturated rings. The maximum Gasteiger partial charge on any atom is 0.433 e. The highest BCUT2D eigenvalue weighted by Gasteiger charge is 2.32. The summed E-state index contributed by atoms with van der Waals surface area (Å²) in [6, 6.07) is 0. The summed E-state index contributed by atoms with van der Waals surface area (Å²) in [6.07, 6.45) is -3.26. The number of hydrogen-bond donors (Lipinski definition) is 0. The maximum atomic E-state index is 11.1. The molecule has 0 aromatic heterocycles. The lowest BCUT2D eigenvalue weighted by atomic mass is 10.8. The fraction of sp³-hybridized carbons (Fsp3) is 1.00. The van der Waals surface area contributed by atoms with Crippen LogP contribution in [0, 0.1) is 0 Å². The Morgan fingerprint density at radius 3 is 1.88 bits per heavy atom. The van der Waals surface area contributed by atoms with Gasteiger partial charge in [-0.2, -0.15) is 13.2 Å². The van der Waals surface area contributed by atoms with Gasteiger partial charge in [0, 0.05) is 0 Å². The van der Waals surface area contributed by atoms with E-state index in [0.717, 1.165) is 6.26 Å². The molecule has 0 radical (unpaired) electrons. The van der Waals surface area contributed by atoms with Crippen LogP contribution in [0.15, 0.2) is 0 Å². The van der Waals surface area contributed by atoms with Gasteiger partial charge >= 0.3 is 6.18 Å². The van der Waals surface area contributed by atoms with E-state index in [-0.39, 0.29) is 0 Å². The van der Waals surface area contributed by atoms with Gasteiger partial charge < -0.3 is 4.55 Å². The van der Waals surface area contributed by atoms with E-state index in [1.807, 2.05) is 0 Å². The van der Waals surface area contributed by atoms with Crippen LogP contribution in [0.25, 0.3) is 0 Å². The minimum atomic E-state index is -4.28. The molecule has 0 aromatic carbocycles. The summed E-state index contributed by atoms with van der Waals surface area (Å²) < 4.78 is 43.2. The van der Waals surface area contributed by atoms with Crippen LogP contribution in [0.2, 0.25) is 0 Å². The summed E-state index contributed by atoms with van der Waals surface area (Å²) in [6.45, 7) is 0. The molecule has 0 aliphatic carbocycles. The molecule has 0 aromatic rings. The Bertz CT molecular complexity index is 69.4. The zero-order valence-corrected chi connectivity index (χ0v) is 4.97. The predicted octanol–water partition coefficient (Wildman–Crippen LogP) is 0.927. The Balaban J connectivity index is 3.39. The molecule has 0 spiro atoms. The molecule has 0 rings (SSSR count). The number of halogens is 3. The molecule has 0 aliphatic rings. The molecular weight excluding hydrogens is 141 g/mol. The first kappa shape index (κ1) is 8.10. The smallest absolute Gasteiger partial charge is 0.433 e. The second-order valence-corrected chi connectivity index (χ2v) is 2.77. The summed E-state index contributed by atoms with van der Waals surface area (Å²) in [7, 11) is 0. The molecule has 0 aliphatic heterocycles. The molecule has 8 heavy (non-hydrogen) atoms. The fourth-order valence-electron chi connectivity index (χ4n) is 0.230. The van der Waals surface area contributed by atoms with Gasteiger partial charge in [-0.25, -0.2) is 0 Å². The summed E-state index contributed by atoms with van der Waals surface area (Å²) in [5, 5.41) is 0. The van der Waals surface area contributed by atoms with E-state index >= 15 is 0 Å². The third-order valence-electron chi connectivity index (χ3n) is 0.367. The minimum Gasteiger partial charge on any atom is -0.616 e. The first-order valence-electron chi connectivity index (χ1n) is 1.78. The van der Waals surface area contributed by atoms with Gasteiger partial charge in [-0.05, 0) is 11.2 Å². The molecule has 1 atom stereocenters. The molecular formula is C3H5F3OS. The van der Waals surface area contributed by atoms with Crippen molar-refractivity contribution in [2.75, 3.05) is 12.0 Å². The lowest BCUT2D eigenvalue weighted by Gasteiger charge is -2.06. The minimum absolute atomic E-state index is 1.02. The molecule has 0 N–H and O–H groups in total. The highest BCUT2D eigenvalue weighted by Crippen LogP contribution is 2.16. The first-order chi connectivity index (χ1) is 3.42. The Morgan fingerprint density at radius 2 is 1.88 bits per heavy atom. The lowest BCUT2D eigenvalue weighted by molar-refractivity contribution is -0.106. The molecule has 0 heterocycles. The van der Waals surface area contributed by atoms with Crippen molar-refractivity contribution >= 4 is 11.2 Å². The van der Waals surface area contributed by atoms with Crippen molar-refractivity contribution in [2.24, 2.45) is 0 Å². The standard InChI is InChI=1S/C3H5F3OS/c1-8(7)2-3(4,5)6/h2H2,1H3. The Hall–Kier alpha value is 0.100. The summed E-state index contributed by atoms with van der Waals surface area (Å²) in [4.78, 5) is 0. The Morgan fingerprint density at radius 1 is 1.50 bits per heavy atom. The van der Waals surface area contributed by atoms with E-state index in [9.17, 15) is 17.7 Å². The van der Waals surface area contributed by atoms with E-state index in [2.05, 4.69) is 0 Å². The van der Waals surface area contributed by atoms with Gasteiger partial charge in [0.05, 0.1) is 6.26 Å². The predicted molar refractivity (Wildman–Crippen MR) is 25.0 cm³/mol. The molecule has 50 valence electrons. The highest BCUT2D eigenvalue weighted by atomic mass is 32.2. The van der Waals surface area contributed by atoms with Crippen LogP contribution in [0.4, 0.5) is 13.2 Å². The van der Waals surface area contributed by atoms with Gasteiger partial charge in [0.1, 0.15) is 0 Å². The molecule has 0 saturated heterocycles. The van der Waals surface area contributed by atoms with Gasteiger partial charge in [0.2, 0.25) is 5.75 Å². The van der Waals surface area contributed by atoms with Crippen LogP contribution >= 0.6 is 0 Å². The van der Waals surface area contributed by atoms with Crippen LogP contribution in [0.3, 0.4) is 0 Å². The van der Waals surface area contributed by atoms with Gasteiger partial charge in [0.15, 0.2) is 0 Å². The van der Waals surface area contributed by atoms with Gasteiger partial charge in [-0.3, -0.25) is 0 Å². The lowest BCUT2D eigenvalue weighted by Crippen LogP contribution is -2.21. The van der Waals surface area contributed by atoms with E-state index in [4.69, 9.17) is 0 Å². The zero-order valence-electron chi connectivity index (χ0n) is 4.16. The third kappa shape index (κ3) is 6.10. The Labute approximate surface area is 48.1 Å². The Kier molecular flexibility index (Phi) is 2.62. The molecule has 1 nitrogen and oxygen atoms in total. The zero-order chi connectivity index (χ0) is 6.78. The molecule has 5 heteroatoms. The van der Waals surface area contributed by atoms with Crippen LogP contribution in [0.1, 0.15) is 0 Å². The monoisotopic (exact) mass is 146 g/mol. The summed E-state index contributed by atoms with van der Waals surface area (Å²) >= 11 is -1.76. The molecule has 0 bridgehead atoms. The summed E-state index contributed by atoms with van der Waals surface area (Å²) in [5.41, 5.74) is 0. The molecule has 0 saturated carbocycles. The second-order valence-electron chi connectivity index (χ2n) is 1.33. The molecule has 0 amide bonds. The third-order valence-corrected chi connectivity index (χ3v) is 1.10. The van der Waals surface area contributed by atoms with Crippen molar-refractivity contribution < 1.29 is 17.7 Å². The van der Waals surface area contributed by atoms with Crippen LogP contribution < -0.4 is 0 Å². The van der Waals surface area contributed by atoms with Crippen molar-refractivity contribution in [2.45, 2.75) is 6.18 Å². The van der Waals surface area contributed by atoms with E-state index in [1.54, 1.807) is 0 Å².